The molecule has 19 heavy (non-hydrogen) atoms. The standard InChI is InChI=1S/C17H32N2/c1-6-12-19(13-7-2)14-15-10-9-11-17(4,5)16(15)18-8-3/h6-7,15-16,18H,1-2,8-14H2,3-5H3. The van der Waals surface area contributed by atoms with Crippen LogP contribution in [0.25, 0.3) is 0 Å². The van der Waals surface area contributed by atoms with E-state index >= 15 is 0 Å². The molecule has 1 rings (SSSR count). The van der Waals surface area contributed by atoms with Crippen molar-refractivity contribution in [1.82, 2.24) is 10.2 Å². The molecule has 0 aromatic carbocycles. The third-order valence-electron chi connectivity index (χ3n) is 4.40. The van der Waals surface area contributed by atoms with Crippen molar-refractivity contribution in [1.29, 1.82) is 0 Å². The van der Waals surface area contributed by atoms with E-state index in [2.05, 4.69) is 44.1 Å². The first kappa shape index (κ1) is 16.5. The molecule has 2 unspecified atom stereocenters. The molecular weight excluding hydrogens is 232 g/mol. The molecule has 0 radical (unpaired) electrons. The fourth-order valence-corrected chi connectivity index (χ4v) is 3.56. The summed E-state index contributed by atoms with van der Waals surface area (Å²) in [5.41, 5.74) is 0.410. The Bertz CT molecular complexity index is 273. The fraction of sp³-hybridized carbons (Fsp3) is 0.765. The lowest BCUT2D eigenvalue weighted by atomic mass is 9.67. The van der Waals surface area contributed by atoms with E-state index in [4.69, 9.17) is 0 Å². The molecule has 2 atom stereocenters. The Morgan fingerprint density at radius 1 is 1.26 bits per heavy atom. The topological polar surface area (TPSA) is 15.3 Å². The minimum Gasteiger partial charge on any atom is -0.313 e. The zero-order valence-corrected chi connectivity index (χ0v) is 13.1. The van der Waals surface area contributed by atoms with Gasteiger partial charge in [0.25, 0.3) is 0 Å². The van der Waals surface area contributed by atoms with Crippen molar-refractivity contribution in [2.24, 2.45) is 11.3 Å². The third-order valence-corrected chi connectivity index (χ3v) is 4.40. The first-order valence-electron chi connectivity index (χ1n) is 7.72. The largest absolute Gasteiger partial charge is 0.313 e. The molecule has 0 heterocycles. The SMILES string of the molecule is C=CCN(CC=C)CC1CCCC(C)(C)C1NCC. The Hall–Kier alpha value is -0.600. The summed E-state index contributed by atoms with van der Waals surface area (Å²) in [6.45, 7) is 18.9. The normalized spacial score (nSPS) is 26.3. The maximum Gasteiger partial charge on any atom is 0.0164 e. The molecule has 110 valence electrons. The zero-order valence-electron chi connectivity index (χ0n) is 13.1. The third kappa shape index (κ3) is 4.77. The summed E-state index contributed by atoms with van der Waals surface area (Å²) >= 11 is 0. The summed E-state index contributed by atoms with van der Waals surface area (Å²) in [6, 6.07) is 0.628. The molecule has 1 fully saturated rings. The molecule has 0 saturated heterocycles. The van der Waals surface area contributed by atoms with Crippen LogP contribution in [0.2, 0.25) is 0 Å². The lowest BCUT2D eigenvalue weighted by molar-refractivity contribution is 0.0857. The Balaban J connectivity index is 2.70. The quantitative estimate of drug-likeness (QED) is 0.675. The Morgan fingerprint density at radius 3 is 2.42 bits per heavy atom. The van der Waals surface area contributed by atoms with E-state index in [9.17, 15) is 0 Å². The van der Waals surface area contributed by atoms with Crippen LogP contribution in [-0.2, 0) is 0 Å². The van der Waals surface area contributed by atoms with Crippen molar-refractivity contribution < 1.29 is 0 Å². The van der Waals surface area contributed by atoms with Gasteiger partial charge in [-0.05, 0) is 30.7 Å². The van der Waals surface area contributed by atoms with Crippen LogP contribution in [0.15, 0.2) is 25.3 Å². The maximum atomic E-state index is 3.87. The van der Waals surface area contributed by atoms with Gasteiger partial charge in [0.05, 0.1) is 0 Å². The molecule has 1 saturated carbocycles. The summed E-state index contributed by atoms with van der Waals surface area (Å²) in [5, 5.41) is 3.74. The molecule has 2 nitrogen and oxygen atoms in total. The van der Waals surface area contributed by atoms with Gasteiger partial charge in [-0.25, -0.2) is 0 Å². The van der Waals surface area contributed by atoms with Gasteiger partial charge < -0.3 is 5.32 Å². The molecule has 1 N–H and O–H groups in total. The zero-order chi connectivity index (χ0) is 14.3. The van der Waals surface area contributed by atoms with Gasteiger partial charge in [0.2, 0.25) is 0 Å². The van der Waals surface area contributed by atoms with Gasteiger partial charge in [-0.1, -0.05) is 39.3 Å². The van der Waals surface area contributed by atoms with Gasteiger partial charge in [-0.15, -0.1) is 13.2 Å². The van der Waals surface area contributed by atoms with Crippen LogP contribution in [0.1, 0.15) is 40.0 Å². The van der Waals surface area contributed by atoms with Crippen LogP contribution >= 0.6 is 0 Å². The Labute approximate surface area is 120 Å². The van der Waals surface area contributed by atoms with E-state index in [0.717, 1.165) is 32.1 Å². The van der Waals surface area contributed by atoms with Crippen molar-refractivity contribution in [3.8, 4) is 0 Å². The average molecular weight is 264 g/mol. The maximum absolute atomic E-state index is 3.87. The lowest BCUT2D eigenvalue weighted by Crippen LogP contribution is -2.52. The summed E-state index contributed by atoms with van der Waals surface area (Å²) in [6.07, 6.45) is 8.03. The van der Waals surface area contributed by atoms with E-state index < -0.39 is 0 Å². The van der Waals surface area contributed by atoms with E-state index in [1.807, 2.05) is 12.2 Å². The Kier molecular flexibility index (Phi) is 6.81. The first-order valence-corrected chi connectivity index (χ1v) is 7.72. The first-order chi connectivity index (χ1) is 9.05. The molecule has 0 amide bonds. The molecule has 1 aliphatic carbocycles. The summed E-state index contributed by atoms with van der Waals surface area (Å²) in [5.74, 6) is 0.739. The van der Waals surface area contributed by atoms with E-state index in [1.165, 1.54) is 19.3 Å². The lowest BCUT2D eigenvalue weighted by Gasteiger charge is -2.46. The van der Waals surface area contributed by atoms with Crippen molar-refractivity contribution in [2.75, 3.05) is 26.2 Å². The van der Waals surface area contributed by atoms with Crippen molar-refractivity contribution in [2.45, 2.75) is 46.1 Å². The number of hydrogen-bond acceptors (Lipinski definition) is 2. The van der Waals surface area contributed by atoms with Crippen molar-refractivity contribution in [3.63, 3.8) is 0 Å². The van der Waals surface area contributed by atoms with Gasteiger partial charge in [-0.2, -0.15) is 0 Å². The molecule has 1 aliphatic rings. The summed E-state index contributed by atoms with van der Waals surface area (Å²) in [4.78, 5) is 2.45. The monoisotopic (exact) mass is 264 g/mol. The molecule has 0 spiro atoms. The summed E-state index contributed by atoms with van der Waals surface area (Å²) in [7, 11) is 0. The highest BCUT2D eigenvalue weighted by Crippen LogP contribution is 2.39. The van der Waals surface area contributed by atoms with Crippen LogP contribution in [0, 0.1) is 11.3 Å². The second-order valence-electron chi connectivity index (χ2n) is 6.47. The number of nitrogens with zero attached hydrogens (tertiary/aromatic N) is 1. The molecule has 0 aromatic rings. The predicted molar refractivity (Wildman–Crippen MR) is 85.4 cm³/mol. The minimum absolute atomic E-state index is 0.410. The van der Waals surface area contributed by atoms with Crippen LogP contribution in [-0.4, -0.2) is 37.1 Å². The van der Waals surface area contributed by atoms with E-state index in [-0.39, 0.29) is 0 Å². The average Bonchev–Trinajstić information content (AvgIpc) is 2.34. The van der Waals surface area contributed by atoms with Crippen LogP contribution in [0.5, 0.6) is 0 Å². The van der Waals surface area contributed by atoms with Crippen LogP contribution in [0.3, 0.4) is 0 Å². The highest BCUT2D eigenvalue weighted by molar-refractivity contribution is 4.95. The van der Waals surface area contributed by atoms with Crippen molar-refractivity contribution in [3.05, 3.63) is 25.3 Å². The highest BCUT2D eigenvalue weighted by atomic mass is 15.1. The fourth-order valence-electron chi connectivity index (χ4n) is 3.56. The smallest absolute Gasteiger partial charge is 0.0164 e. The highest BCUT2D eigenvalue weighted by Gasteiger charge is 2.38. The molecule has 2 heteroatoms. The molecule has 0 aliphatic heterocycles. The molecule has 0 bridgehead atoms. The van der Waals surface area contributed by atoms with Crippen LogP contribution in [0.4, 0.5) is 0 Å². The van der Waals surface area contributed by atoms with Gasteiger partial charge in [-0.3, -0.25) is 4.90 Å². The van der Waals surface area contributed by atoms with Gasteiger partial charge in [0, 0.05) is 25.7 Å². The van der Waals surface area contributed by atoms with E-state index in [0.29, 0.717) is 11.5 Å². The number of rotatable bonds is 8. The van der Waals surface area contributed by atoms with E-state index in [1.54, 1.807) is 0 Å². The number of nitrogens with one attached hydrogen (secondary N) is 1. The predicted octanol–water partition coefficient (Wildman–Crippen LogP) is 3.46. The van der Waals surface area contributed by atoms with Gasteiger partial charge in [0.15, 0.2) is 0 Å². The second-order valence-corrected chi connectivity index (χ2v) is 6.47. The summed E-state index contributed by atoms with van der Waals surface area (Å²) < 4.78 is 0. The number of hydrogen-bond donors (Lipinski definition) is 1. The van der Waals surface area contributed by atoms with Crippen LogP contribution < -0.4 is 5.32 Å². The van der Waals surface area contributed by atoms with Crippen molar-refractivity contribution >= 4 is 0 Å². The molecular formula is C17H32N2. The van der Waals surface area contributed by atoms with Gasteiger partial charge >= 0.3 is 0 Å². The minimum atomic E-state index is 0.410. The van der Waals surface area contributed by atoms with Gasteiger partial charge in [0.1, 0.15) is 0 Å². The second kappa shape index (κ2) is 7.86. The molecule has 0 aromatic heterocycles. The Morgan fingerprint density at radius 2 is 1.89 bits per heavy atom.